The van der Waals surface area contributed by atoms with Crippen molar-refractivity contribution in [3.63, 3.8) is 0 Å². The van der Waals surface area contributed by atoms with Gasteiger partial charge in [-0.15, -0.1) is 0 Å². The molecule has 5 nitrogen and oxygen atoms in total. The van der Waals surface area contributed by atoms with Gasteiger partial charge in [0.15, 0.2) is 5.76 Å². The molecule has 6 heteroatoms. The number of nitrogens with zero attached hydrogens (tertiary/aromatic N) is 2. The van der Waals surface area contributed by atoms with Crippen LogP contribution in [0.1, 0.15) is 33.5 Å². The van der Waals surface area contributed by atoms with Crippen LogP contribution in [0.25, 0.3) is 0 Å². The van der Waals surface area contributed by atoms with Gasteiger partial charge in [0.1, 0.15) is 17.7 Å². The molecule has 3 aromatic rings. The monoisotopic (exact) mass is 313 g/mol. The zero-order valence-corrected chi connectivity index (χ0v) is 12.8. The normalized spacial score (nSPS) is 12.1. The molecule has 0 bridgehead atoms. The van der Waals surface area contributed by atoms with E-state index in [9.17, 15) is 9.18 Å². The number of benzene rings is 1. The molecule has 0 aliphatic rings. The van der Waals surface area contributed by atoms with Crippen LogP contribution in [-0.4, -0.2) is 15.5 Å². The third-order valence-electron chi connectivity index (χ3n) is 3.64. The highest BCUT2D eigenvalue weighted by Crippen LogP contribution is 2.22. The molecule has 118 valence electrons. The third-order valence-corrected chi connectivity index (χ3v) is 3.64. The Morgan fingerprint density at radius 2 is 2.22 bits per heavy atom. The number of amides is 1. The average Bonchev–Trinajstić information content (AvgIpc) is 3.13. The van der Waals surface area contributed by atoms with Crippen LogP contribution < -0.4 is 5.32 Å². The Morgan fingerprint density at radius 1 is 1.39 bits per heavy atom. The lowest BCUT2D eigenvalue weighted by atomic mass is 10.1. The van der Waals surface area contributed by atoms with Gasteiger partial charge in [0.2, 0.25) is 0 Å². The van der Waals surface area contributed by atoms with Gasteiger partial charge < -0.3 is 14.3 Å². The lowest BCUT2D eigenvalue weighted by molar-refractivity contribution is 0.0912. The van der Waals surface area contributed by atoms with Crippen molar-refractivity contribution < 1.29 is 13.6 Å². The van der Waals surface area contributed by atoms with Crippen LogP contribution in [0.5, 0.6) is 0 Å². The van der Waals surface area contributed by atoms with Crippen LogP contribution in [0, 0.1) is 12.7 Å². The van der Waals surface area contributed by atoms with E-state index in [-0.39, 0.29) is 17.5 Å². The van der Waals surface area contributed by atoms with Gasteiger partial charge in [-0.1, -0.05) is 12.1 Å². The molecule has 1 atom stereocenters. The summed E-state index contributed by atoms with van der Waals surface area (Å²) in [6.45, 7) is 1.79. The number of rotatable bonds is 4. The number of carbonyl (C=O) groups is 1. The van der Waals surface area contributed by atoms with E-state index in [0.29, 0.717) is 11.4 Å². The maximum Gasteiger partial charge on any atom is 0.288 e. The zero-order valence-electron chi connectivity index (χ0n) is 12.8. The highest BCUT2D eigenvalue weighted by molar-refractivity contribution is 5.93. The first kappa shape index (κ1) is 15.0. The molecule has 0 radical (unpaired) electrons. The van der Waals surface area contributed by atoms with Gasteiger partial charge >= 0.3 is 0 Å². The highest BCUT2D eigenvalue weighted by Gasteiger charge is 2.23. The van der Waals surface area contributed by atoms with Crippen LogP contribution in [0.3, 0.4) is 0 Å². The minimum atomic E-state index is -0.581. The Balaban J connectivity index is 1.98. The first-order valence-corrected chi connectivity index (χ1v) is 7.14. The molecule has 0 saturated carbocycles. The van der Waals surface area contributed by atoms with Crippen molar-refractivity contribution in [2.24, 2.45) is 7.05 Å². The summed E-state index contributed by atoms with van der Waals surface area (Å²) in [4.78, 5) is 16.7. The Labute approximate surface area is 132 Å². The van der Waals surface area contributed by atoms with Crippen LogP contribution in [-0.2, 0) is 7.05 Å². The molecule has 0 spiro atoms. The quantitative estimate of drug-likeness (QED) is 0.805. The summed E-state index contributed by atoms with van der Waals surface area (Å²) >= 11 is 0. The Bertz CT molecular complexity index is 838. The predicted molar refractivity (Wildman–Crippen MR) is 82.4 cm³/mol. The van der Waals surface area contributed by atoms with Crippen LogP contribution in [0.4, 0.5) is 4.39 Å². The van der Waals surface area contributed by atoms with Gasteiger partial charge in [0.25, 0.3) is 5.91 Å². The summed E-state index contributed by atoms with van der Waals surface area (Å²) < 4.78 is 20.6. The molecule has 3 rings (SSSR count). The van der Waals surface area contributed by atoms with Crippen LogP contribution >= 0.6 is 0 Å². The number of nitrogens with one attached hydrogen (secondary N) is 1. The number of aromatic nitrogens is 2. The fourth-order valence-corrected chi connectivity index (χ4v) is 2.44. The van der Waals surface area contributed by atoms with Crippen molar-refractivity contribution in [1.29, 1.82) is 0 Å². The van der Waals surface area contributed by atoms with E-state index in [1.807, 2.05) is 7.05 Å². The van der Waals surface area contributed by atoms with Crippen molar-refractivity contribution in [2.75, 3.05) is 0 Å². The maximum absolute atomic E-state index is 13.6. The van der Waals surface area contributed by atoms with E-state index in [1.54, 1.807) is 42.1 Å². The van der Waals surface area contributed by atoms with E-state index < -0.39 is 6.04 Å². The first-order chi connectivity index (χ1) is 11.1. The average molecular weight is 313 g/mol. The molecule has 1 aromatic carbocycles. The highest BCUT2D eigenvalue weighted by atomic mass is 19.1. The van der Waals surface area contributed by atoms with E-state index in [0.717, 1.165) is 5.56 Å². The van der Waals surface area contributed by atoms with E-state index >= 15 is 0 Å². The zero-order chi connectivity index (χ0) is 16.4. The Kier molecular flexibility index (Phi) is 3.97. The van der Waals surface area contributed by atoms with Gasteiger partial charge in [-0.05, 0) is 30.7 Å². The maximum atomic E-state index is 13.6. The second kappa shape index (κ2) is 6.08. The largest absolute Gasteiger partial charge is 0.459 e. The van der Waals surface area contributed by atoms with Crippen molar-refractivity contribution in [1.82, 2.24) is 14.9 Å². The van der Waals surface area contributed by atoms with Gasteiger partial charge in [0, 0.05) is 25.0 Å². The molecule has 0 aliphatic carbocycles. The Morgan fingerprint density at radius 3 is 2.83 bits per heavy atom. The van der Waals surface area contributed by atoms with Gasteiger partial charge in [0.05, 0.1) is 6.26 Å². The molecule has 0 aliphatic heterocycles. The SMILES string of the molecule is Cc1ccoc1C(=O)N[C@@H](c1cccc(F)c1)c1nccn1C. The standard InChI is InChI=1S/C17H16FN3O2/c1-11-6-9-23-15(11)17(22)20-14(16-19-7-8-21(16)2)12-4-3-5-13(18)10-12/h3-10,14H,1-2H3,(H,20,22)/t14-/m0/s1. The number of hydrogen-bond acceptors (Lipinski definition) is 3. The summed E-state index contributed by atoms with van der Waals surface area (Å²) in [6, 6.07) is 7.23. The summed E-state index contributed by atoms with van der Waals surface area (Å²) in [5.41, 5.74) is 1.34. The third kappa shape index (κ3) is 3.01. The molecule has 0 fully saturated rings. The minimum Gasteiger partial charge on any atom is -0.459 e. The number of hydrogen-bond donors (Lipinski definition) is 1. The number of halogens is 1. The summed E-state index contributed by atoms with van der Waals surface area (Å²) in [7, 11) is 1.82. The molecule has 23 heavy (non-hydrogen) atoms. The molecular formula is C17H16FN3O2. The van der Waals surface area contributed by atoms with E-state index in [1.165, 1.54) is 18.4 Å². The summed E-state index contributed by atoms with van der Waals surface area (Å²) in [5, 5.41) is 2.86. The number of carbonyl (C=O) groups excluding carboxylic acids is 1. The number of furan rings is 1. The molecule has 1 amide bonds. The van der Waals surface area contributed by atoms with Crippen molar-refractivity contribution in [2.45, 2.75) is 13.0 Å². The number of aryl methyl sites for hydroxylation is 2. The number of imidazole rings is 1. The van der Waals surface area contributed by atoms with Crippen LogP contribution in [0.15, 0.2) is 53.4 Å². The fourth-order valence-electron chi connectivity index (χ4n) is 2.44. The van der Waals surface area contributed by atoms with Gasteiger partial charge in [-0.3, -0.25) is 4.79 Å². The second-order valence-corrected chi connectivity index (χ2v) is 5.29. The molecule has 0 saturated heterocycles. The predicted octanol–water partition coefficient (Wildman–Crippen LogP) is 2.98. The van der Waals surface area contributed by atoms with Gasteiger partial charge in [-0.25, -0.2) is 9.37 Å². The molecule has 1 N–H and O–H groups in total. The molecule has 2 heterocycles. The first-order valence-electron chi connectivity index (χ1n) is 7.14. The molecule has 2 aromatic heterocycles. The Hall–Kier alpha value is -2.89. The lowest BCUT2D eigenvalue weighted by Crippen LogP contribution is -2.31. The van der Waals surface area contributed by atoms with Crippen molar-refractivity contribution >= 4 is 5.91 Å². The van der Waals surface area contributed by atoms with E-state index in [4.69, 9.17) is 4.42 Å². The molecule has 0 unspecified atom stereocenters. The van der Waals surface area contributed by atoms with Crippen LogP contribution in [0.2, 0.25) is 0 Å². The summed E-state index contributed by atoms with van der Waals surface area (Å²) in [6.07, 6.45) is 4.86. The summed E-state index contributed by atoms with van der Waals surface area (Å²) in [5.74, 6) is 0.101. The van der Waals surface area contributed by atoms with Crippen molar-refractivity contribution in [3.8, 4) is 0 Å². The van der Waals surface area contributed by atoms with Crippen molar-refractivity contribution in [3.05, 3.63) is 77.5 Å². The molecular weight excluding hydrogens is 297 g/mol. The lowest BCUT2D eigenvalue weighted by Gasteiger charge is -2.19. The second-order valence-electron chi connectivity index (χ2n) is 5.29. The topological polar surface area (TPSA) is 60.1 Å². The fraction of sp³-hybridized carbons (Fsp3) is 0.176. The minimum absolute atomic E-state index is 0.237. The smallest absolute Gasteiger partial charge is 0.288 e. The van der Waals surface area contributed by atoms with Gasteiger partial charge in [-0.2, -0.15) is 0 Å². The van der Waals surface area contributed by atoms with E-state index in [2.05, 4.69) is 10.3 Å².